The van der Waals surface area contributed by atoms with E-state index in [4.69, 9.17) is 0 Å². The van der Waals surface area contributed by atoms with Gasteiger partial charge in [0.25, 0.3) is 0 Å². The summed E-state index contributed by atoms with van der Waals surface area (Å²) in [5.74, 6) is 0.767. The molecule has 3 rings (SSSR count). The van der Waals surface area contributed by atoms with Crippen molar-refractivity contribution < 1.29 is 5.11 Å². The van der Waals surface area contributed by atoms with Crippen LogP contribution in [0, 0.1) is 6.92 Å². The molecule has 0 unspecified atom stereocenters. The van der Waals surface area contributed by atoms with Gasteiger partial charge in [-0.25, -0.2) is 4.98 Å². The lowest BCUT2D eigenvalue weighted by Crippen LogP contribution is -2.10. The highest BCUT2D eigenvalue weighted by atomic mass is 16.3. The molecule has 3 heteroatoms. The highest BCUT2D eigenvalue weighted by Gasteiger charge is 2.17. The first-order valence-corrected chi connectivity index (χ1v) is 7.88. The van der Waals surface area contributed by atoms with Crippen LogP contribution in [0.1, 0.15) is 42.8 Å². The number of rotatable bonds is 5. The lowest BCUT2D eigenvalue weighted by molar-refractivity contribution is 0.153. The van der Waals surface area contributed by atoms with E-state index in [1.54, 1.807) is 0 Å². The predicted molar refractivity (Wildman–Crippen MR) is 89.9 cm³/mol. The fourth-order valence-corrected chi connectivity index (χ4v) is 2.79. The van der Waals surface area contributed by atoms with Crippen LogP contribution in [0.2, 0.25) is 0 Å². The Morgan fingerprint density at radius 2 is 1.82 bits per heavy atom. The van der Waals surface area contributed by atoms with Gasteiger partial charge in [0.15, 0.2) is 0 Å². The highest BCUT2D eigenvalue weighted by molar-refractivity contribution is 5.76. The van der Waals surface area contributed by atoms with Crippen LogP contribution in [0.15, 0.2) is 48.5 Å². The van der Waals surface area contributed by atoms with E-state index in [1.807, 2.05) is 18.2 Å². The summed E-state index contributed by atoms with van der Waals surface area (Å²) in [5, 5.41) is 10.4. The fourth-order valence-electron chi connectivity index (χ4n) is 2.79. The molecule has 1 atom stereocenters. The van der Waals surface area contributed by atoms with Crippen molar-refractivity contribution in [3.05, 3.63) is 65.5 Å². The lowest BCUT2D eigenvalue weighted by Gasteiger charge is -2.13. The minimum atomic E-state index is -0.511. The number of aromatic nitrogens is 2. The number of hydrogen-bond acceptors (Lipinski definition) is 2. The Labute approximate surface area is 131 Å². The molecule has 0 amide bonds. The second kappa shape index (κ2) is 6.32. The molecule has 0 aliphatic rings. The van der Waals surface area contributed by atoms with Gasteiger partial charge in [0.05, 0.1) is 11.0 Å². The SMILES string of the molecule is CCC[C@H](O)c1nc2ccccc2n1Cc1ccc(C)cc1. The van der Waals surface area contributed by atoms with Crippen molar-refractivity contribution in [3.63, 3.8) is 0 Å². The van der Waals surface area contributed by atoms with E-state index in [-0.39, 0.29) is 0 Å². The second-order valence-electron chi connectivity index (χ2n) is 5.83. The normalized spacial score (nSPS) is 12.7. The van der Waals surface area contributed by atoms with Gasteiger partial charge >= 0.3 is 0 Å². The number of nitrogens with zero attached hydrogens (tertiary/aromatic N) is 2. The molecule has 1 N–H and O–H groups in total. The van der Waals surface area contributed by atoms with Crippen LogP contribution in [-0.4, -0.2) is 14.7 Å². The average Bonchev–Trinajstić information content (AvgIpc) is 2.89. The first kappa shape index (κ1) is 14.8. The van der Waals surface area contributed by atoms with E-state index in [0.717, 1.165) is 36.2 Å². The van der Waals surface area contributed by atoms with E-state index in [0.29, 0.717) is 0 Å². The minimum absolute atomic E-state index is 0.511. The van der Waals surface area contributed by atoms with Gasteiger partial charge < -0.3 is 9.67 Å². The van der Waals surface area contributed by atoms with E-state index in [1.165, 1.54) is 11.1 Å². The Morgan fingerprint density at radius 1 is 1.09 bits per heavy atom. The summed E-state index contributed by atoms with van der Waals surface area (Å²) in [5.41, 5.74) is 4.50. The third-order valence-corrected chi connectivity index (χ3v) is 4.01. The largest absolute Gasteiger partial charge is 0.385 e. The summed E-state index contributed by atoms with van der Waals surface area (Å²) < 4.78 is 2.14. The van der Waals surface area contributed by atoms with Crippen LogP contribution in [0.4, 0.5) is 0 Å². The average molecular weight is 294 g/mol. The van der Waals surface area contributed by atoms with Crippen LogP contribution < -0.4 is 0 Å². The maximum Gasteiger partial charge on any atom is 0.139 e. The van der Waals surface area contributed by atoms with Crippen LogP contribution in [-0.2, 0) is 6.54 Å². The topological polar surface area (TPSA) is 38.1 Å². The lowest BCUT2D eigenvalue weighted by atomic mass is 10.1. The van der Waals surface area contributed by atoms with Crippen molar-refractivity contribution in [1.29, 1.82) is 0 Å². The number of aliphatic hydroxyl groups is 1. The van der Waals surface area contributed by atoms with Gasteiger partial charge in [-0.2, -0.15) is 0 Å². The maximum absolute atomic E-state index is 10.4. The molecule has 0 fully saturated rings. The molecule has 0 saturated carbocycles. The van der Waals surface area contributed by atoms with Crippen LogP contribution in [0.5, 0.6) is 0 Å². The molecule has 0 bridgehead atoms. The van der Waals surface area contributed by atoms with Crippen molar-refractivity contribution in [3.8, 4) is 0 Å². The van der Waals surface area contributed by atoms with Crippen LogP contribution in [0.25, 0.3) is 11.0 Å². The Balaban J connectivity index is 2.05. The molecule has 3 nitrogen and oxygen atoms in total. The molecule has 0 aliphatic heterocycles. The molecule has 1 heterocycles. The van der Waals surface area contributed by atoms with Gasteiger partial charge in [-0.15, -0.1) is 0 Å². The van der Waals surface area contributed by atoms with Crippen molar-refractivity contribution in [2.75, 3.05) is 0 Å². The molecule has 114 valence electrons. The highest BCUT2D eigenvalue weighted by Crippen LogP contribution is 2.24. The number of aryl methyl sites for hydroxylation is 1. The van der Waals surface area contributed by atoms with E-state index in [9.17, 15) is 5.11 Å². The first-order valence-electron chi connectivity index (χ1n) is 7.88. The first-order chi connectivity index (χ1) is 10.7. The van der Waals surface area contributed by atoms with Crippen molar-refractivity contribution >= 4 is 11.0 Å². The van der Waals surface area contributed by atoms with Gasteiger partial charge in [-0.1, -0.05) is 55.3 Å². The molecule has 0 spiro atoms. The summed E-state index contributed by atoms with van der Waals surface area (Å²) in [6.45, 7) is 4.90. The van der Waals surface area contributed by atoms with Crippen molar-refractivity contribution in [2.45, 2.75) is 39.3 Å². The molecule has 3 aromatic rings. The number of fused-ring (bicyclic) bond motifs is 1. The molecule has 22 heavy (non-hydrogen) atoms. The fraction of sp³-hybridized carbons (Fsp3) is 0.316. The number of benzene rings is 2. The van der Waals surface area contributed by atoms with E-state index in [2.05, 4.69) is 53.7 Å². The minimum Gasteiger partial charge on any atom is -0.385 e. The summed E-state index contributed by atoms with van der Waals surface area (Å²) in [6, 6.07) is 16.6. The van der Waals surface area contributed by atoms with Crippen LogP contribution in [0.3, 0.4) is 0 Å². The summed E-state index contributed by atoms with van der Waals surface area (Å²) in [4.78, 5) is 4.66. The zero-order chi connectivity index (χ0) is 15.5. The monoisotopic (exact) mass is 294 g/mol. The smallest absolute Gasteiger partial charge is 0.139 e. The molecule has 2 aromatic carbocycles. The maximum atomic E-state index is 10.4. The van der Waals surface area contributed by atoms with Gasteiger partial charge in [0.2, 0.25) is 0 Å². The standard InChI is InChI=1S/C19H22N2O/c1-3-6-18(22)19-20-16-7-4-5-8-17(16)21(19)13-15-11-9-14(2)10-12-15/h4-5,7-12,18,22H,3,6,13H2,1-2H3/t18-/m0/s1. The Bertz CT molecular complexity index is 759. The Morgan fingerprint density at radius 3 is 2.55 bits per heavy atom. The Hall–Kier alpha value is -2.13. The molecular formula is C19H22N2O. The number of hydrogen-bond donors (Lipinski definition) is 1. The second-order valence-corrected chi connectivity index (χ2v) is 5.83. The number of imidazole rings is 1. The van der Waals surface area contributed by atoms with Gasteiger partial charge in [0.1, 0.15) is 11.9 Å². The van der Waals surface area contributed by atoms with Gasteiger partial charge in [-0.05, 0) is 31.0 Å². The molecule has 1 aromatic heterocycles. The quantitative estimate of drug-likeness (QED) is 0.765. The van der Waals surface area contributed by atoms with Gasteiger partial charge in [0, 0.05) is 6.54 Å². The van der Waals surface area contributed by atoms with Crippen molar-refractivity contribution in [1.82, 2.24) is 9.55 Å². The molecule has 0 radical (unpaired) electrons. The Kier molecular flexibility index (Phi) is 4.25. The van der Waals surface area contributed by atoms with Crippen LogP contribution >= 0.6 is 0 Å². The number of para-hydroxylation sites is 2. The van der Waals surface area contributed by atoms with E-state index < -0.39 is 6.10 Å². The zero-order valence-electron chi connectivity index (χ0n) is 13.2. The van der Waals surface area contributed by atoms with Crippen molar-refractivity contribution in [2.24, 2.45) is 0 Å². The molecular weight excluding hydrogens is 272 g/mol. The molecule has 0 aliphatic carbocycles. The summed E-state index contributed by atoms with van der Waals surface area (Å²) in [6.07, 6.45) is 1.16. The summed E-state index contributed by atoms with van der Waals surface area (Å²) >= 11 is 0. The van der Waals surface area contributed by atoms with E-state index >= 15 is 0 Å². The summed E-state index contributed by atoms with van der Waals surface area (Å²) in [7, 11) is 0. The van der Waals surface area contributed by atoms with Gasteiger partial charge in [-0.3, -0.25) is 0 Å². The predicted octanol–water partition coefficient (Wildman–Crippen LogP) is 4.23. The number of aliphatic hydroxyl groups excluding tert-OH is 1. The third-order valence-electron chi connectivity index (χ3n) is 4.01. The zero-order valence-corrected chi connectivity index (χ0v) is 13.2. The third kappa shape index (κ3) is 2.90. The molecule has 0 saturated heterocycles.